The summed E-state index contributed by atoms with van der Waals surface area (Å²) in [6.07, 6.45) is 0.823. The van der Waals surface area contributed by atoms with Gasteiger partial charge in [-0.1, -0.05) is 54.2 Å². The van der Waals surface area contributed by atoms with E-state index in [1.54, 1.807) is 4.68 Å². The number of thioether (sulfide) groups is 1. The molecule has 140 valence electrons. The van der Waals surface area contributed by atoms with Gasteiger partial charge in [0, 0.05) is 6.54 Å². The predicted octanol–water partition coefficient (Wildman–Crippen LogP) is 3.04. The summed E-state index contributed by atoms with van der Waals surface area (Å²) in [4.78, 5) is 12.2. The van der Waals surface area contributed by atoms with E-state index in [2.05, 4.69) is 39.9 Å². The highest BCUT2D eigenvalue weighted by molar-refractivity contribution is 7.99. The average Bonchev–Trinajstić information content (AvgIpc) is 3.10. The van der Waals surface area contributed by atoms with E-state index in [-0.39, 0.29) is 11.7 Å². The highest BCUT2D eigenvalue weighted by Crippen LogP contribution is 2.23. The molecule has 3 aromatic rings. The maximum absolute atomic E-state index is 12.2. The molecule has 0 atom stereocenters. The maximum atomic E-state index is 12.2. The number of nitrogens with zero attached hydrogens (tertiary/aromatic N) is 4. The third-order valence-corrected chi connectivity index (χ3v) is 5.32. The fourth-order valence-corrected chi connectivity index (χ4v) is 3.66. The van der Waals surface area contributed by atoms with Crippen LogP contribution in [-0.4, -0.2) is 38.4 Å². The van der Waals surface area contributed by atoms with Crippen LogP contribution in [0.5, 0.6) is 0 Å². The van der Waals surface area contributed by atoms with Gasteiger partial charge in [0.1, 0.15) is 0 Å². The molecule has 0 spiro atoms. The number of rotatable bonds is 7. The Kier molecular flexibility index (Phi) is 6.24. The largest absolute Gasteiger partial charge is 0.355 e. The standard InChI is InChI=1S/C20H23N5OS/c1-14-7-4-5-10-17(14)11-12-21-18(26)13-27-20-22-23-24-25(20)19-15(2)8-6-9-16(19)3/h4-10H,11-13H2,1-3H3,(H,21,26). The van der Waals surface area contributed by atoms with Crippen molar-refractivity contribution in [3.63, 3.8) is 0 Å². The molecule has 1 heterocycles. The highest BCUT2D eigenvalue weighted by atomic mass is 32.2. The number of aryl methyl sites for hydroxylation is 3. The molecule has 6 nitrogen and oxygen atoms in total. The summed E-state index contributed by atoms with van der Waals surface area (Å²) in [6, 6.07) is 14.3. The topological polar surface area (TPSA) is 72.7 Å². The molecule has 1 N–H and O–H groups in total. The van der Waals surface area contributed by atoms with Crippen LogP contribution < -0.4 is 5.32 Å². The van der Waals surface area contributed by atoms with E-state index in [1.807, 2.05) is 44.2 Å². The lowest BCUT2D eigenvalue weighted by molar-refractivity contribution is -0.118. The zero-order valence-corrected chi connectivity index (χ0v) is 16.6. The van der Waals surface area contributed by atoms with Crippen molar-refractivity contribution >= 4 is 17.7 Å². The maximum Gasteiger partial charge on any atom is 0.230 e. The van der Waals surface area contributed by atoms with E-state index >= 15 is 0 Å². The molecule has 0 aliphatic heterocycles. The van der Waals surface area contributed by atoms with E-state index in [0.717, 1.165) is 23.2 Å². The smallest absolute Gasteiger partial charge is 0.230 e. The van der Waals surface area contributed by atoms with Gasteiger partial charge in [0.15, 0.2) is 0 Å². The highest BCUT2D eigenvalue weighted by Gasteiger charge is 2.14. The predicted molar refractivity (Wildman–Crippen MR) is 107 cm³/mol. The molecular formula is C20H23N5OS. The molecule has 0 saturated heterocycles. The van der Waals surface area contributed by atoms with Crippen molar-refractivity contribution in [2.75, 3.05) is 12.3 Å². The van der Waals surface area contributed by atoms with Gasteiger partial charge in [-0.25, -0.2) is 0 Å². The van der Waals surface area contributed by atoms with Crippen molar-refractivity contribution in [2.45, 2.75) is 32.3 Å². The Morgan fingerprint density at radius 3 is 2.48 bits per heavy atom. The van der Waals surface area contributed by atoms with Crippen LogP contribution in [0.3, 0.4) is 0 Å². The molecule has 0 fully saturated rings. The lowest BCUT2D eigenvalue weighted by Crippen LogP contribution is -2.27. The summed E-state index contributed by atoms with van der Waals surface area (Å²) in [7, 11) is 0. The molecule has 0 aliphatic rings. The van der Waals surface area contributed by atoms with Gasteiger partial charge < -0.3 is 5.32 Å². The third kappa shape index (κ3) is 4.74. The molecule has 0 bridgehead atoms. The number of hydrogen-bond acceptors (Lipinski definition) is 5. The number of tetrazole rings is 1. The molecule has 7 heteroatoms. The van der Waals surface area contributed by atoms with Gasteiger partial charge in [0.05, 0.1) is 11.4 Å². The summed E-state index contributed by atoms with van der Waals surface area (Å²) in [5, 5.41) is 15.5. The van der Waals surface area contributed by atoms with Gasteiger partial charge >= 0.3 is 0 Å². The first-order valence-corrected chi connectivity index (χ1v) is 9.84. The Hall–Kier alpha value is -2.67. The van der Waals surface area contributed by atoms with E-state index in [9.17, 15) is 4.79 Å². The van der Waals surface area contributed by atoms with Gasteiger partial charge in [0.2, 0.25) is 11.1 Å². The Labute approximate surface area is 163 Å². The van der Waals surface area contributed by atoms with Crippen molar-refractivity contribution in [1.29, 1.82) is 0 Å². The zero-order chi connectivity index (χ0) is 19.2. The van der Waals surface area contributed by atoms with Crippen LogP contribution in [0, 0.1) is 20.8 Å². The number of para-hydroxylation sites is 1. The van der Waals surface area contributed by atoms with E-state index < -0.39 is 0 Å². The van der Waals surface area contributed by atoms with Crippen molar-refractivity contribution in [2.24, 2.45) is 0 Å². The van der Waals surface area contributed by atoms with Gasteiger partial charge in [-0.15, -0.1) is 5.10 Å². The minimum atomic E-state index is -0.0235. The van der Waals surface area contributed by atoms with Gasteiger partial charge in [-0.3, -0.25) is 4.79 Å². The molecule has 0 unspecified atom stereocenters. The van der Waals surface area contributed by atoms with Crippen LogP contribution in [-0.2, 0) is 11.2 Å². The number of aromatic nitrogens is 4. The summed E-state index contributed by atoms with van der Waals surface area (Å²) in [5.74, 6) is 0.253. The summed E-state index contributed by atoms with van der Waals surface area (Å²) < 4.78 is 1.70. The molecule has 0 radical (unpaired) electrons. The number of nitrogens with one attached hydrogen (secondary N) is 1. The first-order chi connectivity index (χ1) is 13.1. The van der Waals surface area contributed by atoms with Crippen LogP contribution in [0.1, 0.15) is 22.3 Å². The molecule has 1 aromatic heterocycles. The molecule has 3 rings (SSSR count). The molecule has 1 amide bonds. The van der Waals surface area contributed by atoms with Crippen LogP contribution in [0.15, 0.2) is 47.6 Å². The number of carbonyl (C=O) groups excluding carboxylic acids is 1. The van der Waals surface area contributed by atoms with E-state index in [0.29, 0.717) is 11.7 Å². The van der Waals surface area contributed by atoms with Gasteiger partial charge in [-0.05, 0) is 59.9 Å². The van der Waals surface area contributed by atoms with Crippen molar-refractivity contribution < 1.29 is 4.79 Å². The van der Waals surface area contributed by atoms with Crippen molar-refractivity contribution in [3.8, 4) is 5.69 Å². The molecule has 27 heavy (non-hydrogen) atoms. The second kappa shape index (κ2) is 8.81. The SMILES string of the molecule is Cc1ccccc1CCNC(=O)CSc1nnnn1-c1c(C)cccc1C. The average molecular weight is 382 g/mol. The minimum absolute atomic E-state index is 0.0235. The molecular weight excluding hydrogens is 358 g/mol. The second-order valence-corrected chi connectivity index (χ2v) is 7.37. The lowest BCUT2D eigenvalue weighted by atomic mass is 10.1. The normalized spacial score (nSPS) is 10.8. The fourth-order valence-electron chi connectivity index (χ4n) is 2.96. The zero-order valence-electron chi connectivity index (χ0n) is 15.8. The monoisotopic (exact) mass is 381 g/mol. The van der Waals surface area contributed by atoms with Crippen LogP contribution >= 0.6 is 11.8 Å². The minimum Gasteiger partial charge on any atom is -0.355 e. The van der Waals surface area contributed by atoms with Crippen molar-refractivity contribution in [1.82, 2.24) is 25.5 Å². The van der Waals surface area contributed by atoms with Crippen LogP contribution in [0.25, 0.3) is 5.69 Å². The van der Waals surface area contributed by atoms with Gasteiger partial charge in [0.25, 0.3) is 0 Å². The molecule has 2 aromatic carbocycles. The molecule has 0 aliphatic carbocycles. The summed E-state index contributed by atoms with van der Waals surface area (Å²) in [5.41, 5.74) is 5.64. The van der Waals surface area contributed by atoms with Crippen molar-refractivity contribution in [3.05, 3.63) is 64.7 Å². The number of amides is 1. The van der Waals surface area contributed by atoms with E-state index in [1.165, 1.54) is 22.9 Å². The van der Waals surface area contributed by atoms with Crippen LogP contribution in [0.4, 0.5) is 0 Å². The Morgan fingerprint density at radius 2 is 1.74 bits per heavy atom. The quantitative estimate of drug-likeness (QED) is 0.637. The molecule has 0 saturated carbocycles. The fraction of sp³-hybridized carbons (Fsp3) is 0.300. The lowest BCUT2D eigenvalue weighted by Gasteiger charge is -2.10. The first kappa shape index (κ1) is 19.1. The Bertz CT molecular complexity index is 917. The first-order valence-electron chi connectivity index (χ1n) is 8.85. The second-order valence-electron chi connectivity index (χ2n) is 6.43. The van der Waals surface area contributed by atoms with E-state index in [4.69, 9.17) is 0 Å². The summed E-state index contributed by atoms with van der Waals surface area (Å²) in [6.45, 7) is 6.75. The number of carbonyl (C=O) groups is 1. The van der Waals surface area contributed by atoms with Gasteiger partial charge in [-0.2, -0.15) is 4.68 Å². The summed E-state index contributed by atoms with van der Waals surface area (Å²) >= 11 is 1.34. The third-order valence-electron chi connectivity index (χ3n) is 4.40. The Balaban J connectivity index is 1.56. The number of benzene rings is 2. The Morgan fingerprint density at radius 1 is 1.04 bits per heavy atom. The van der Waals surface area contributed by atoms with Crippen LogP contribution in [0.2, 0.25) is 0 Å². The number of hydrogen-bond donors (Lipinski definition) is 1.